The predicted molar refractivity (Wildman–Crippen MR) is 95.7 cm³/mol. The first-order valence-corrected chi connectivity index (χ1v) is 10.8. The average molecular weight is 398 g/mol. The second-order valence-electron chi connectivity index (χ2n) is 6.06. The number of carbonyl (C=O) groups excluding carboxylic acids is 3. The van der Waals surface area contributed by atoms with E-state index in [1.165, 1.54) is 16.7 Å². The van der Waals surface area contributed by atoms with Gasteiger partial charge in [-0.1, -0.05) is 12.1 Å². The molecule has 3 rings (SSSR count). The van der Waals surface area contributed by atoms with E-state index in [0.717, 1.165) is 4.90 Å². The SMILES string of the molecule is O=C(COC(=O)CN1C(=O)CSc2ccccc21)N[C@@H]1CCS(=O)(=O)C1. The monoisotopic (exact) mass is 398 g/mol. The minimum atomic E-state index is -3.09. The van der Waals surface area contributed by atoms with Gasteiger partial charge in [0.2, 0.25) is 5.91 Å². The standard InChI is InChI=1S/C16H18N2O6S2/c19-14(17-11-5-6-26(22,23)10-11)8-24-16(21)7-18-12-3-1-2-4-13(12)25-9-15(18)20/h1-4,11H,5-10H2,(H,17,19)/t11-/m1/s1. The number of rotatable bonds is 5. The van der Waals surface area contributed by atoms with Crippen LogP contribution in [0.25, 0.3) is 0 Å². The lowest BCUT2D eigenvalue weighted by atomic mass is 10.2. The maximum absolute atomic E-state index is 12.1. The van der Waals surface area contributed by atoms with E-state index in [-0.39, 0.29) is 29.7 Å². The normalized spacial score (nSPS) is 21.2. The molecule has 1 atom stereocenters. The number of sulfone groups is 1. The summed E-state index contributed by atoms with van der Waals surface area (Å²) >= 11 is 1.41. The largest absolute Gasteiger partial charge is 0.454 e. The fourth-order valence-electron chi connectivity index (χ4n) is 2.83. The van der Waals surface area contributed by atoms with Crippen molar-refractivity contribution in [3.8, 4) is 0 Å². The van der Waals surface area contributed by atoms with E-state index >= 15 is 0 Å². The molecule has 0 aliphatic carbocycles. The first-order valence-electron chi connectivity index (χ1n) is 8.02. The minimum absolute atomic E-state index is 0.0478. The lowest BCUT2D eigenvalue weighted by Gasteiger charge is -2.27. The molecule has 0 spiro atoms. The van der Waals surface area contributed by atoms with E-state index in [2.05, 4.69) is 5.32 Å². The zero-order valence-electron chi connectivity index (χ0n) is 13.8. The molecule has 2 aliphatic heterocycles. The molecule has 2 amide bonds. The third kappa shape index (κ3) is 4.55. The molecular weight excluding hydrogens is 380 g/mol. The van der Waals surface area contributed by atoms with Crippen LogP contribution in [0.3, 0.4) is 0 Å². The van der Waals surface area contributed by atoms with Crippen molar-refractivity contribution in [1.82, 2.24) is 5.32 Å². The summed E-state index contributed by atoms with van der Waals surface area (Å²) in [7, 11) is -3.09. The number of anilines is 1. The van der Waals surface area contributed by atoms with E-state index in [0.29, 0.717) is 12.1 Å². The van der Waals surface area contributed by atoms with Gasteiger partial charge in [-0.25, -0.2) is 8.42 Å². The molecular formula is C16H18N2O6S2. The van der Waals surface area contributed by atoms with Crippen LogP contribution in [0.4, 0.5) is 5.69 Å². The number of thioether (sulfide) groups is 1. The molecule has 0 unspecified atom stereocenters. The summed E-state index contributed by atoms with van der Waals surface area (Å²) in [5, 5.41) is 2.54. The number of hydrogen-bond acceptors (Lipinski definition) is 7. The summed E-state index contributed by atoms with van der Waals surface area (Å²) in [6.45, 7) is -0.782. The quantitative estimate of drug-likeness (QED) is 0.694. The van der Waals surface area contributed by atoms with Gasteiger partial charge in [-0.15, -0.1) is 11.8 Å². The van der Waals surface area contributed by atoms with Gasteiger partial charge in [-0.2, -0.15) is 0 Å². The van der Waals surface area contributed by atoms with E-state index in [9.17, 15) is 22.8 Å². The van der Waals surface area contributed by atoms with Crippen LogP contribution in [0.5, 0.6) is 0 Å². The Morgan fingerprint density at radius 3 is 2.81 bits per heavy atom. The van der Waals surface area contributed by atoms with Gasteiger partial charge in [0.05, 0.1) is 22.9 Å². The summed E-state index contributed by atoms with van der Waals surface area (Å²) in [4.78, 5) is 38.1. The van der Waals surface area contributed by atoms with Crippen molar-refractivity contribution in [2.24, 2.45) is 0 Å². The van der Waals surface area contributed by atoms with Gasteiger partial charge < -0.3 is 10.1 Å². The zero-order chi connectivity index (χ0) is 18.7. The van der Waals surface area contributed by atoms with Gasteiger partial charge in [-0.05, 0) is 18.6 Å². The van der Waals surface area contributed by atoms with Crippen molar-refractivity contribution in [1.29, 1.82) is 0 Å². The number of carbonyl (C=O) groups is 3. The number of esters is 1. The van der Waals surface area contributed by atoms with Crippen molar-refractivity contribution in [3.05, 3.63) is 24.3 Å². The Morgan fingerprint density at radius 1 is 1.31 bits per heavy atom. The molecule has 0 aromatic heterocycles. The second-order valence-corrected chi connectivity index (χ2v) is 9.31. The Bertz CT molecular complexity index is 839. The van der Waals surface area contributed by atoms with Gasteiger partial charge in [0.15, 0.2) is 16.4 Å². The number of hydrogen-bond donors (Lipinski definition) is 1. The maximum Gasteiger partial charge on any atom is 0.326 e. The summed E-state index contributed by atoms with van der Waals surface area (Å²) in [5.41, 5.74) is 0.645. The Balaban J connectivity index is 1.50. The van der Waals surface area contributed by atoms with Crippen molar-refractivity contribution >= 4 is 45.1 Å². The van der Waals surface area contributed by atoms with Crippen LogP contribution in [-0.4, -0.2) is 62.7 Å². The molecule has 1 fully saturated rings. The summed E-state index contributed by atoms with van der Waals surface area (Å²) in [5.74, 6) is -1.27. The van der Waals surface area contributed by atoms with E-state index in [1.807, 2.05) is 12.1 Å². The van der Waals surface area contributed by atoms with Crippen LogP contribution < -0.4 is 10.2 Å². The molecule has 26 heavy (non-hydrogen) atoms. The molecule has 1 N–H and O–H groups in total. The maximum atomic E-state index is 12.1. The van der Waals surface area contributed by atoms with Crippen LogP contribution >= 0.6 is 11.8 Å². The van der Waals surface area contributed by atoms with Gasteiger partial charge in [-0.3, -0.25) is 19.3 Å². The lowest BCUT2D eigenvalue weighted by Crippen LogP contribution is -2.42. The van der Waals surface area contributed by atoms with Crippen LogP contribution in [-0.2, 0) is 29.0 Å². The highest BCUT2D eigenvalue weighted by atomic mass is 32.2. The Kier molecular flexibility index (Phi) is 5.52. The predicted octanol–water partition coefficient (Wildman–Crippen LogP) is -0.0282. The van der Waals surface area contributed by atoms with Crippen molar-refractivity contribution in [2.75, 3.05) is 35.3 Å². The lowest BCUT2D eigenvalue weighted by molar-refractivity contribution is -0.147. The number of nitrogens with one attached hydrogen (secondary N) is 1. The Hall–Kier alpha value is -2.07. The minimum Gasteiger partial charge on any atom is -0.454 e. The van der Waals surface area contributed by atoms with E-state index in [1.54, 1.807) is 12.1 Å². The zero-order valence-corrected chi connectivity index (χ0v) is 15.5. The first-order chi connectivity index (χ1) is 12.3. The van der Waals surface area contributed by atoms with Crippen LogP contribution in [0.15, 0.2) is 29.2 Å². The number of benzene rings is 1. The molecule has 0 saturated carbocycles. The van der Waals surface area contributed by atoms with Crippen LogP contribution in [0, 0.1) is 0 Å². The molecule has 140 valence electrons. The highest BCUT2D eigenvalue weighted by Crippen LogP contribution is 2.34. The number of nitrogens with zero attached hydrogens (tertiary/aromatic N) is 1. The van der Waals surface area contributed by atoms with Crippen molar-refractivity contribution in [3.63, 3.8) is 0 Å². The second kappa shape index (κ2) is 7.67. The molecule has 10 heteroatoms. The summed E-state index contributed by atoms with van der Waals surface area (Å²) in [6.07, 6.45) is 0.360. The topological polar surface area (TPSA) is 110 Å². The van der Waals surface area contributed by atoms with Crippen LogP contribution in [0.2, 0.25) is 0 Å². The van der Waals surface area contributed by atoms with Gasteiger partial charge >= 0.3 is 5.97 Å². The smallest absolute Gasteiger partial charge is 0.326 e. The number of ether oxygens (including phenoxy) is 1. The number of fused-ring (bicyclic) bond motifs is 1. The summed E-state index contributed by atoms with van der Waals surface area (Å²) < 4.78 is 27.7. The first kappa shape index (κ1) is 18.7. The third-order valence-electron chi connectivity index (χ3n) is 4.06. The highest BCUT2D eigenvalue weighted by Gasteiger charge is 2.30. The van der Waals surface area contributed by atoms with Crippen molar-refractivity contribution < 1.29 is 27.5 Å². The number of amides is 2. The molecule has 2 heterocycles. The third-order valence-corrected chi connectivity index (χ3v) is 6.87. The Labute approximate surface area is 155 Å². The van der Waals surface area contributed by atoms with E-state index in [4.69, 9.17) is 4.74 Å². The fourth-order valence-corrected chi connectivity index (χ4v) is 5.44. The molecule has 2 aliphatic rings. The molecule has 1 saturated heterocycles. The van der Waals surface area contributed by atoms with Crippen molar-refractivity contribution in [2.45, 2.75) is 17.4 Å². The molecule has 1 aromatic rings. The van der Waals surface area contributed by atoms with Gasteiger partial charge in [0.25, 0.3) is 5.91 Å². The van der Waals surface area contributed by atoms with Crippen LogP contribution in [0.1, 0.15) is 6.42 Å². The van der Waals surface area contributed by atoms with E-state index < -0.39 is 34.4 Å². The molecule has 0 radical (unpaired) electrons. The fraction of sp³-hybridized carbons (Fsp3) is 0.438. The summed E-state index contributed by atoms with van der Waals surface area (Å²) in [6, 6.07) is 6.80. The average Bonchev–Trinajstić information content (AvgIpc) is 2.94. The molecule has 8 nitrogen and oxygen atoms in total. The molecule has 1 aromatic carbocycles. The van der Waals surface area contributed by atoms with Gasteiger partial charge in [0, 0.05) is 10.9 Å². The Morgan fingerprint density at radius 2 is 2.08 bits per heavy atom. The highest BCUT2D eigenvalue weighted by molar-refractivity contribution is 8.00. The number of para-hydroxylation sites is 1. The van der Waals surface area contributed by atoms with Gasteiger partial charge in [0.1, 0.15) is 6.54 Å². The molecule has 0 bridgehead atoms.